The van der Waals surface area contributed by atoms with Crippen molar-refractivity contribution in [3.8, 4) is 11.5 Å². The lowest BCUT2D eigenvalue weighted by Gasteiger charge is -2.20. The second kappa shape index (κ2) is 6.98. The van der Waals surface area contributed by atoms with Crippen LogP contribution in [0.4, 0.5) is 0 Å². The van der Waals surface area contributed by atoms with Gasteiger partial charge in [-0.1, -0.05) is 0 Å². The molecule has 0 bridgehead atoms. The molecule has 0 unspecified atom stereocenters. The topological polar surface area (TPSA) is 65.4 Å². The van der Waals surface area contributed by atoms with Crippen LogP contribution in [-0.4, -0.2) is 29.9 Å². The van der Waals surface area contributed by atoms with Crippen molar-refractivity contribution in [3.05, 3.63) is 42.2 Å². The Morgan fingerprint density at radius 3 is 2.64 bits per heavy atom. The molecule has 0 aliphatic carbocycles. The number of aromatic nitrogens is 2. The molecule has 0 aliphatic rings. The van der Waals surface area contributed by atoms with Crippen molar-refractivity contribution in [2.24, 2.45) is 0 Å². The van der Waals surface area contributed by atoms with Crippen molar-refractivity contribution < 1.29 is 14.3 Å². The Morgan fingerprint density at radius 2 is 2.05 bits per heavy atom. The number of amides is 1. The first kappa shape index (κ1) is 15.9. The molecule has 0 spiro atoms. The van der Waals surface area contributed by atoms with E-state index in [9.17, 15) is 4.79 Å². The summed E-state index contributed by atoms with van der Waals surface area (Å²) < 4.78 is 12.2. The van der Waals surface area contributed by atoms with Crippen LogP contribution in [0, 0.1) is 0 Å². The molecule has 0 saturated carbocycles. The SMILES string of the molecule is COc1ccc(OC)c([C@@H](C)NC(=O)[C@H](C)n2cccn2)c1. The maximum atomic E-state index is 12.3. The fourth-order valence-electron chi connectivity index (χ4n) is 2.22. The maximum Gasteiger partial charge on any atom is 0.245 e. The molecule has 22 heavy (non-hydrogen) atoms. The molecule has 2 aromatic rings. The van der Waals surface area contributed by atoms with E-state index in [1.165, 1.54) is 0 Å². The zero-order valence-corrected chi connectivity index (χ0v) is 13.2. The predicted molar refractivity (Wildman–Crippen MR) is 83.0 cm³/mol. The molecular weight excluding hydrogens is 282 g/mol. The predicted octanol–water partition coefficient (Wildman–Crippen LogP) is 2.34. The van der Waals surface area contributed by atoms with Crippen LogP contribution in [0.25, 0.3) is 0 Å². The summed E-state index contributed by atoms with van der Waals surface area (Å²) in [6, 6.07) is 6.71. The average molecular weight is 303 g/mol. The second-order valence-corrected chi connectivity index (χ2v) is 5.00. The largest absolute Gasteiger partial charge is 0.497 e. The first-order valence-electron chi connectivity index (χ1n) is 7.08. The smallest absolute Gasteiger partial charge is 0.245 e. The highest BCUT2D eigenvalue weighted by atomic mass is 16.5. The molecule has 0 saturated heterocycles. The number of rotatable bonds is 6. The maximum absolute atomic E-state index is 12.3. The Morgan fingerprint density at radius 1 is 1.27 bits per heavy atom. The van der Waals surface area contributed by atoms with E-state index < -0.39 is 0 Å². The Labute approximate surface area is 130 Å². The van der Waals surface area contributed by atoms with E-state index in [1.54, 1.807) is 44.3 Å². The average Bonchev–Trinajstić information content (AvgIpc) is 3.07. The van der Waals surface area contributed by atoms with Crippen LogP contribution in [0.2, 0.25) is 0 Å². The molecule has 1 heterocycles. The summed E-state index contributed by atoms with van der Waals surface area (Å²) in [5, 5.41) is 7.06. The van der Waals surface area contributed by atoms with Crippen LogP contribution in [0.15, 0.2) is 36.7 Å². The molecule has 2 rings (SSSR count). The molecule has 2 atom stereocenters. The Hall–Kier alpha value is -2.50. The number of benzene rings is 1. The molecule has 0 radical (unpaired) electrons. The quantitative estimate of drug-likeness (QED) is 0.889. The van der Waals surface area contributed by atoms with E-state index in [1.807, 2.05) is 25.1 Å². The standard InChI is InChI=1S/C16H21N3O3/c1-11(14-10-13(21-3)6-7-15(14)22-4)18-16(20)12(2)19-9-5-8-17-19/h5-12H,1-4H3,(H,18,20)/t11-,12+/m1/s1. The Kier molecular flexibility index (Phi) is 5.04. The monoisotopic (exact) mass is 303 g/mol. The number of hydrogen-bond donors (Lipinski definition) is 1. The van der Waals surface area contributed by atoms with Crippen molar-refractivity contribution in [3.63, 3.8) is 0 Å². The molecule has 0 aliphatic heterocycles. The Balaban J connectivity index is 2.14. The van der Waals surface area contributed by atoms with E-state index in [0.717, 1.165) is 11.3 Å². The number of nitrogens with one attached hydrogen (secondary N) is 1. The molecule has 1 amide bonds. The summed E-state index contributed by atoms with van der Waals surface area (Å²) in [6.45, 7) is 3.71. The fraction of sp³-hybridized carbons (Fsp3) is 0.375. The summed E-state index contributed by atoms with van der Waals surface area (Å²) in [5.41, 5.74) is 0.864. The molecular formula is C16H21N3O3. The van der Waals surface area contributed by atoms with Crippen molar-refractivity contribution in [2.45, 2.75) is 25.9 Å². The molecule has 6 nitrogen and oxygen atoms in total. The van der Waals surface area contributed by atoms with Gasteiger partial charge >= 0.3 is 0 Å². The normalized spacial score (nSPS) is 13.3. The number of hydrogen-bond acceptors (Lipinski definition) is 4. The lowest BCUT2D eigenvalue weighted by molar-refractivity contribution is -0.124. The third-order valence-corrected chi connectivity index (χ3v) is 3.56. The third-order valence-electron chi connectivity index (χ3n) is 3.56. The van der Waals surface area contributed by atoms with Gasteiger partial charge in [0, 0.05) is 18.0 Å². The number of ether oxygens (including phenoxy) is 2. The van der Waals surface area contributed by atoms with Gasteiger partial charge in [-0.15, -0.1) is 0 Å². The van der Waals surface area contributed by atoms with Gasteiger partial charge in [0.1, 0.15) is 17.5 Å². The zero-order valence-electron chi connectivity index (χ0n) is 13.2. The van der Waals surface area contributed by atoms with Gasteiger partial charge in [-0.25, -0.2) is 0 Å². The van der Waals surface area contributed by atoms with Crippen LogP contribution in [0.1, 0.15) is 31.5 Å². The van der Waals surface area contributed by atoms with Crippen LogP contribution in [0.5, 0.6) is 11.5 Å². The van der Waals surface area contributed by atoms with Gasteiger partial charge in [0.25, 0.3) is 0 Å². The second-order valence-electron chi connectivity index (χ2n) is 5.00. The number of carbonyl (C=O) groups is 1. The highest BCUT2D eigenvalue weighted by molar-refractivity contribution is 5.80. The molecule has 1 aromatic heterocycles. The molecule has 0 fully saturated rings. The van der Waals surface area contributed by atoms with Gasteiger partial charge in [-0.05, 0) is 38.1 Å². The summed E-state index contributed by atoms with van der Waals surface area (Å²) in [4.78, 5) is 12.3. The van der Waals surface area contributed by atoms with E-state index >= 15 is 0 Å². The minimum atomic E-state index is -0.381. The first-order valence-corrected chi connectivity index (χ1v) is 7.08. The zero-order chi connectivity index (χ0) is 16.1. The van der Waals surface area contributed by atoms with Gasteiger partial charge in [0.15, 0.2) is 0 Å². The van der Waals surface area contributed by atoms with Gasteiger partial charge in [-0.2, -0.15) is 5.10 Å². The van der Waals surface area contributed by atoms with Crippen molar-refractivity contribution >= 4 is 5.91 Å². The van der Waals surface area contributed by atoms with E-state index in [2.05, 4.69) is 10.4 Å². The third kappa shape index (κ3) is 3.39. The number of carbonyl (C=O) groups excluding carboxylic acids is 1. The summed E-state index contributed by atoms with van der Waals surface area (Å²) >= 11 is 0. The summed E-state index contributed by atoms with van der Waals surface area (Å²) in [6.07, 6.45) is 3.42. The molecule has 118 valence electrons. The highest BCUT2D eigenvalue weighted by Gasteiger charge is 2.20. The van der Waals surface area contributed by atoms with E-state index in [-0.39, 0.29) is 18.0 Å². The highest BCUT2D eigenvalue weighted by Crippen LogP contribution is 2.29. The van der Waals surface area contributed by atoms with Crippen molar-refractivity contribution in [1.29, 1.82) is 0 Å². The summed E-state index contributed by atoms with van der Waals surface area (Å²) in [7, 11) is 3.21. The number of methoxy groups -OCH3 is 2. The van der Waals surface area contributed by atoms with Crippen LogP contribution in [0.3, 0.4) is 0 Å². The van der Waals surface area contributed by atoms with Gasteiger partial charge in [0.2, 0.25) is 5.91 Å². The van der Waals surface area contributed by atoms with Crippen molar-refractivity contribution in [2.75, 3.05) is 14.2 Å². The minimum absolute atomic E-state index is 0.110. The summed E-state index contributed by atoms with van der Waals surface area (Å²) in [5.74, 6) is 1.32. The van der Waals surface area contributed by atoms with Crippen molar-refractivity contribution in [1.82, 2.24) is 15.1 Å². The van der Waals surface area contributed by atoms with Crippen LogP contribution in [-0.2, 0) is 4.79 Å². The van der Waals surface area contributed by atoms with Gasteiger partial charge in [0.05, 0.1) is 20.3 Å². The van der Waals surface area contributed by atoms with E-state index in [4.69, 9.17) is 9.47 Å². The van der Waals surface area contributed by atoms with Gasteiger partial charge in [-0.3, -0.25) is 9.48 Å². The minimum Gasteiger partial charge on any atom is -0.497 e. The lowest BCUT2D eigenvalue weighted by atomic mass is 10.1. The molecule has 1 N–H and O–H groups in total. The molecule has 1 aromatic carbocycles. The lowest BCUT2D eigenvalue weighted by Crippen LogP contribution is -2.33. The fourth-order valence-corrected chi connectivity index (χ4v) is 2.22. The van der Waals surface area contributed by atoms with Gasteiger partial charge < -0.3 is 14.8 Å². The van der Waals surface area contributed by atoms with E-state index in [0.29, 0.717) is 5.75 Å². The Bertz CT molecular complexity index is 626. The van der Waals surface area contributed by atoms with Crippen LogP contribution < -0.4 is 14.8 Å². The number of nitrogens with zero attached hydrogens (tertiary/aromatic N) is 2. The van der Waals surface area contributed by atoms with Crippen LogP contribution >= 0.6 is 0 Å². The first-order chi connectivity index (χ1) is 10.6. The molecule has 6 heteroatoms.